The molecule has 0 atom stereocenters. The number of methoxy groups -OCH3 is 2. The maximum absolute atomic E-state index is 5.60. The molecule has 0 spiro atoms. The number of hydrogen-bond acceptors (Lipinski definition) is 6. The fraction of sp³-hybridized carbons (Fsp3) is 0.318. The largest absolute Gasteiger partial charge is 0.497 e. The third kappa shape index (κ3) is 2.59. The van der Waals surface area contributed by atoms with Crippen LogP contribution in [0.1, 0.15) is 16.8 Å². The summed E-state index contributed by atoms with van der Waals surface area (Å²) in [6.07, 6.45) is 0.980. The number of hydrogen-bond donors (Lipinski definition) is 0. The first-order chi connectivity index (χ1) is 13.7. The Kier molecular flexibility index (Phi) is 3.93. The van der Waals surface area contributed by atoms with Crippen molar-refractivity contribution in [3.8, 4) is 23.0 Å². The molecule has 6 heteroatoms. The standard InChI is InChI=1S/C22H22N2O4/c1-13-16-6-7-24(11-14-4-5-18-19(8-14)28-12-27-18)22(16)17-9-15(25-2)10-20(26-3)21(17)23-13/h4-5,8-10H,6-7,11-12H2,1-3H3. The molecule has 1 aromatic heterocycles. The molecule has 3 aromatic rings. The van der Waals surface area contributed by atoms with Crippen molar-refractivity contribution < 1.29 is 18.9 Å². The Morgan fingerprint density at radius 1 is 1.07 bits per heavy atom. The molecule has 5 rings (SSSR count). The van der Waals surface area contributed by atoms with Gasteiger partial charge in [-0.15, -0.1) is 0 Å². The quantitative estimate of drug-likeness (QED) is 0.687. The highest BCUT2D eigenvalue weighted by molar-refractivity contribution is 5.99. The summed E-state index contributed by atoms with van der Waals surface area (Å²) in [5, 5.41) is 1.06. The average molecular weight is 378 g/mol. The van der Waals surface area contributed by atoms with Crippen LogP contribution < -0.4 is 23.8 Å². The Bertz CT molecular complexity index is 1080. The number of aryl methyl sites for hydroxylation is 1. The van der Waals surface area contributed by atoms with Crippen LogP contribution in [0.5, 0.6) is 23.0 Å². The Labute approximate surface area is 163 Å². The molecule has 0 N–H and O–H groups in total. The van der Waals surface area contributed by atoms with Crippen LogP contribution in [-0.4, -0.2) is 32.5 Å². The fourth-order valence-corrected chi connectivity index (χ4v) is 4.16. The van der Waals surface area contributed by atoms with Crippen molar-refractivity contribution >= 4 is 16.6 Å². The number of rotatable bonds is 4. The minimum atomic E-state index is 0.292. The maximum Gasteiger partial charge on any atom is 0.231 e. The van der Waals surface area contributed by atoms with Crippen LogP contribution in [-0.2, 0) is 13.0 Å². The molecule has 144 valence electrons. The lowest BCUT2D eigenvalue weighted by atomic mass is 10.1. The number of anilines is 1. The first-order valence-corrected chi connectivity index (χ1v) is 9.36. The summed E-state index contributed by atoms with van der Waals surface area (Å²) in [7, 11) is 3.34. The van der Waals surface area contributed by atoms with E-state index in [0.717, 1.165) is 59.1 Å². The summed E-state index contributed by atoms with van der Waals surface area (Å²) in [6.45, 7) is 4.11. The van der Waals surface area contributed by atoms with Gasteiger partial charge in [0.1, 0.15) is 17.0 Å². The summed E-state index contributed by atoms with van der Waals surface area (Å²) in [6, 6.07) is 10.1. The van der Waals surface area contributed by atoms with Crippen LogP contribution >= 0.6 is 0 Å². The lowest BCUT2D eigenvalue weighted by Gasteiger charge is -2.22. The van der Waals surface area contributed by atoms with Gasteiger partial charge in [0.2, 0.25) is 6.79 Å². The van der Waals surface area contributed by atoms with Crippen LogP contribution in [0.25, 0.3) is 10.9 Å². The van der Waals surface area contributed by atoms with Gasteiger partial charge in [-0.3, -0.25) is 0 Å². The zero-order valence-corrected chi connectivity index (χ0v) is 16.2. The van der Waals surface area contributed by atoms with Crippen LogP contribution in [0.4, 0.5) is 5.69 Å². The van der Waals surface area contributed by atoms with E-state index in [4.69, 9.17) is 23.9 Å². The van der Waals surface area contributed by atoms with E-state index in [9.17, 15) is 0 Å². The second-order valence-corrected chi connectivity index (χ2v) is 7.11. The molecule has 0 saturated heterocycles. The first-order valence-electron chi connectivity index (χ1n) is 9.36. The molecule has 0 fully saturated rings. The second-order valence-electron chi connectivity index (χ2n) is 7.11. The monoisotopic (exact) mass is 378 g/mol. The Balaban J connectivity index is 1.61. The van der Waals surface area contributed by atoms with Crippen molar-refractivity contribution in [1.82, 2.24) is 4.98 Å². The van der Waals surface area contributed by atoms with Crippen LogP contribution in [0.15, 0.2) is 30.3 Å². The predicted molar refractivity (Wildman–Crippen MR) is 107 cm³/mol. The van der Waals surface area contributed by atoms with Gasteiger partial charge < -0.3 is 23.8 Å². The molecule has 0 unspecified atom stereocenters. The molecule has 28 heavy (non-hydrogen) atoms. The van der Waals surface area contributed by atoms with Gasteiger partial charge in [-0.05, 0) is 42.7 Å². The van der Waals surface area contributed by atoms with Crippen molar-refractivity contribution in [3.63, 3.8) is 0 Å². The van der Waals surface area contributed by atoms with E-state index in [1.54, 1.807) is 14.2 Å². The molecule has 2 aliphatic rings. The topological polar surface area (TPSA) is 53.1 Å². The number of aromatic nitrogens is 1. The Morgan fingerprint density at radius 2 is 1.93 bits per heavy atom. The van der Waals surface area contributed by atoms with Crippen molar-refractivity contribution in [2.24, 2.45) is 0 Å². The summed E-state index contributed by atoms with van der Waals surface area (Å²) in [5.74, 6) is 3.13. The molecule has 0 aliphatic carbocycles. The summed E-state index contributed by atoms with van der Waals surface area (Å²) >= 11 is 0. The minimum absolute atomic E-state index is 0.292. The van der Waals surface area contributed by atoms with Gasteiger partial charge in [-0.1, -0.05) is 6.07 Å². The molecule has 2 aromatic carbocycles. The molecule has 0 amide bonds. The van der Waals surface area contributed by atoms with Gasteiger partial charge in [0, 0.05) is 30.2 Å². The Hall–Kier alpha value is -3.15. The number of benzene rings is 2. The van der Waals surface area contributed by atoms with Crippen molar-refractivity contribution in [1.29, 1.82) is 0 Å². The molecule has 0 radical (unpaired) electrons. The number of fused-ring (bicyclic) bond motifs is 4. The number of pyridine rings is 1. The van der Waals surface area contributed by atoms with Gasteiger partial charge in [0.05, 0.1) is 19.9 Å². The molecule has 3 heterocycles. The smallest absolute Gasteiger partial charge is 0.231 e. The summed E-state index contributed by atoms with van der Waals surface area (Å²) in [4.78, 5) is 7.24. The van der Waals surface area contributed by atoms with E-state index >= 15 is 0 Å². The minimum Gasteiger partial charge on any atom is -0.497 e. The van der Waals surface area contributed by atoms with E-state index in [0.29, 0.717) is 6.79 Å². The van der Waals surface area contributed by atoms with E-state index < -0.39 is 0 Å². The molecule has 6 nitrogen and oxygen atoms in total. The number of nitrogens with zero attached hydrogens (tertiary/aromatic N) is 2. The van der Waals surface area contributed by atoms with Gasteiger partial charge in [0.25, 0.3) is 0 Å². The molecule has 2 aliphatic heterocycles. The van der Waals surface area contributed by atoms with Crippen molar-refractivity contribution in [2.45, 2.75) is 19.9 Å². The van der Waals surface area contributed by atoms with Crippen LogP contribution in [0.3, 0.4) is 0 Å². The van der Waals surface area contributed by atoms with E-state index in [1.807, 2.05) is 12.1 Å². The van der Waals surface area contributed by atoms with Crippen LogP contribution in [0.2, 0.25) is 0 Å². The summed E-state index contributed by atoms with van der Waals surface area (Å²) in [5.41, 5.74) is 5.63. The zero-order valence-electron chi connectivity index (χ0n) is 16.2. The SMILES string of the molecule is COc1cc(OC)c2nc(C)c3c(c2c1)N(Cc1ccc2c(c1)OCO2)CC3. The molecular formula is C22H22N2O4. The highest BCUT2D eigenvalue weighted by Gasteiger charge is 2.27. The van der Waals surface area contributed by atoms with Crippen molar-refractivity contribution in [3.05, 3.63) is 47.2 Å². The van der Waals surface area contributed by atoms with Crippen LogP contribution in [0, 0.1) is 6.92 Å². The maximum atomic E-state index is 5.60. The average Bonchev–Trinajstić information content (AvgIpc) is 3.35. The zero-order chi connectivity index (χ0) is 19.3. The second kappa shape index (κ2) is 6.48. The Morgan fingerprint density at radius 3 is 2.75 bits per heavy atom. The third-order valence-corrected chi connectivity index (χ3v) is 5.52. The van der Waals surface area contributed by atoms with E-state index in [1.165, 1.54) is 16.8 Å². The lowest BCUT2D eigenvalue weighted by molar-refractivity contribution is 0.174. The normalized spacial score (nSPS) is 14.5. The number of ether oxygens (including phenoxy) is 4. The van der Waals surface area contributed by atoms with Gasteiger partial charge in [0.15, 0.2) is 11.5 Å². The predicted octanol–water partition coefficient (Wildman–Crippen LogP) is 3.85. The highest BCUT2D eigenvalue weighted by atomic mass is 16.7. The fourth-order valence-electron chi connectivity index (χ4n) is 4.16. The van der Waals surface area contributed by atoms with E-state index in [-0.39, 0.29) is 0 Å². The van der Waals surface area contributed by atoms with Gasteiger partial charge in [-0.25, -0.2) is 4.98 Å². The third-order valence-electron chi connectivity index (χ3n) is 5.52. The molecule has 0 saturated carbocycles. The van der Waals surface area contributed by atoms with E-state index in [2.05, 4.69) is 30.0 Å². The highest BCUT2D eigenvalue weighted by Crippen LogP contribution is 2.42. The molecule has 0 bridgehead atoms. The first kappa shape index (κ1) is 17.0. The lowest BCUT2D eigenvalue weighted by Crippen LogP contribution is -2.20. The molecular weight excluding hydrogens is 356 g/mol. The van der Waals surface area contributed by atoms with Crippen molar-refractivity contribution in [2.75, 3.05) is 32.5 Å². The van der Waals surface area contributed by atoms with Gasteiger partial charge in [-0.2, -0.15) is 0 Å². The summed E-state index contributed by atoms with van der Waals surface area (Å²) < 4.78 is 22.1. The van der Waals surface area contributed by atoms with Gasteiger partial charge >= 0.3 is 0 Å².